The third-order valence-electron chi connectivity index (χ3n) is 6.28. The van der Waals surface area contributed by atoms with Gasteiger partial charge in [-0.05, 0) is 54.4 Å². The van der Waals surface area contributed by atoms with E-state index >= 15 is 0 Å². The topological polar surface area (TPSA) is 49.8 Å². The minimum absolute atomic E-state index is 0.0181. The van der Waals surface area contributed by atoms with E-state index in [0.29, 0.717) is 17.0 Å². The van der Waals surface area contributed by atoms with Crippen LogP contribution < -0.4 is 4.74 Å². The highest BCUT2D eigenvalue weighted by Crippen LogP contribution is 2.41. The summed E-state index contributed by atoms with van der Waals surface area (Å²) in [6.07, 6.45) is 0.862. The van der Waals surface area contributed by atoms with Crippen LogP contribution in [0.1, 0.15) is 21.7 Å². The van der Waals surface area contributed by atoms with Crippen molar-refractivity contribution in [3.05, 3.63) is 83.0 Å². The molecule has 5 rings (SSSR count). The first-order valence-corrected chi connectivity index (χ1v) is 12.4. The molecule has 3 aromatic carbocycles. The van der Waals surface area contributed by atoms with Gasteiger partial charge >= 0.3 is 0 Å². The molecule has 0 spiro atoms. The zero-order valence-corrected chi connectivity index (χ0v) is 19.9. The van der Waals surface area contributed by atoms with E-state index in [1.807, 2.05) is 24.3 Å². The lowest BCUT2D eigenvalue weighted by atomic mass is 9.98. The number of hydrogen-bond acceptors (Lipinski definition) is 5. The van der Waals surface area contributed by atoms with Crippen molar-refractivity contribution in [1.82, 2.24) is 4.90 Å². The molecule has 35 heavy (non-hydrogen) atoms. The maximum atomic E-state index is 14.4. The number of phenols is 1. The molecular weight excluding hydrogens is 468 g/mol. The molecule has 1 aromatic heterocycles. The second-order valence-corrected chi connectivity index (χ2v) is 9.85. The number of fused-ring (bicyclic) bond motifs is 1. The number of thiophene rings is 1. The van der Waals surface area contributed by atoms with Crippen LogP contribution >= 0.6 is 11.3 Å². The van der Waals surface area contributed by atoms with Crippen LogP contribution in [0.15, 0.2) is 66.7 Å². The molecule has 0 amide bonds. The fourth-order valence-electron chi connectivity index (χ4n) is 4.45. The summed E-state index contributed by atoms with van der Waals surface area (Å²) in [7, 11) is 0. The summed E-state index contributed by atoms with van der Waals surface area (Å²) in [6, 6.07) is 18.4. The van der Waals surface area contributed by atoms with Gasteiger partial charge in [0.2, 0.25) is 5.78 Å². The minimum atomic E-state index is -0.564. The van der Waals surface area contributed by atoms with Crippen LogP contribution in [0, 0.1) is 11.7 Å². The molecule has 180 valence electrons. The Morgan fingerprint density at radius 1 is 1.09 bits per heavy atom. The fourth-order valence-corrected chi connectivity index (χ4v) is 5.66. The number of hydrogen-bond donors (Lipinski definition) is 1. The fraction of sp³-hybridized carbons (Fsp3) is 0.250. The van der Waals surface area contributed by atoms with Gasteiger partial charge in [-0.2, -0.15) is 0 Å². The number of carbonyl (C=O) groups is 1. The monoisotopic (exact) mass is 493 g/mol. The maximum Gasteiger partial charge on any atom is 0.206 e. The van der Waals surface area contributed by atoms with E-state index in [0.717, 1.165) is 47.5 Å². The molecule has 4 nitrogen and oxygen atoms in total. The molecule has 0 unspecified atom stereocenters. The van der Waals surface area contributed by atoms with Crippen LogP contribution in [0.5, 0.6) is 11.5 Å². The molecule has 7 heteroatoms. The summed E-state index contributed by atoms with van der Waals surface area (Å²) < 4.78 is 33.6. The average Bonchev–Trinajstić information content (AvgIpc) is 3.21. The van der Waals surface area contributed by atoms with E-state index < -0.39 is 5.82 Å². The standard InChI is InChI=1S/C28H25F2NO3S/c29-15-18-16-31(17-18)12-3-13-34-21-9-6-19(7-10-21)26-23-11-8-20(32)14-25(23)35-28(26)27(33)22-4-1-2-5-24(22)30/h1-2,4-11,14,18,32H,3,12-13,15-17H2. The van der Waals surface area contributed by atoms with E-state index in [1.165, 1.54) is 23.5 Å². The highest BCUT2D eigenvalue weighted by Gasteiger charge is 2.26. The first kappa shape index (κ1) is 23.5. The lowest BCUT2D eigenvalue weighted by Crippen LogP contribution is -2.48. The number of likely N-dealkylation sites (tertiary alicyclic amines) is 1. The van der Waals surface area contributed by atoms with Crippen molar-refractivity contribution >= 4 is 27.2 Å². The molecule has 2 heterocycles. The molecule has 1 saturated heterocycles. The number of carbonyl (C=O) groups excluding carboxylic acids is 1. The summed E-state index contributed by atoms with van der Waals surface area (Å²) in [6.45, 7) is 2.86. The van der Waals surface area contributed by atoms with Crippen molar-refractivity contribution in [3.63, 3.8) is 0 Å². The Morgan fingerprint density at radius 3 is 2.60 bits per heavy atom. The van der Waals surface area contributed by atoms with Gasteiger partial charge in [-0.25, -0.2) is 4.39 Å². The van der Waals surface area contributed by atoms with Crippen molar-refractivity contribution < 1.29 is 23.4 Å². The Bertz CT molecular complexity index is 1350. The summed E-state index contributed by atoms with van der Waals surface area (Å²) in [5.74, 6) is 0.0670. The normalized spacial score (nSPS) is 14.2. The number of aromatic hydroxyl groups is 1. The Balaban J connectivity index is 1.36. The Labute approximate surface area is 206 Å². The molecule has 0 saturated carbocycles. The number of nitrogens with zero attached hydrogens (tertiary/aromatic N) is 1. The summed E-state index contributed by atoms with van der Waals surface area (Å²) in [5.41, 5.74) is 1.54. The van der Waals surface area contributed by atoms with E-state index in [1.54, 1.807) is 30.3 Å². The number of benzene rings is 3. The van der Waals surface area contributed by atoms with Crippen LogP contribution in [0.3, 0.4) is 0 Å². The lowest BCUT2D eigenvalue weighted by molar-refractivity contribution is 0.0755. The first-order valence-electron chi connectivity index (χ1n) is 11.6. The van der Waals surface area contributed by atoms with Crippen LogP contribution in [0.25, 0.3) is 21.2 Å². The van der Waals surface area contributed by atoms with Gasteiger partial charge in [0.1, 0.15) is 17.3 Å². The summed E-state index contributed by atoms with van der Waals surface area (Å²) >= 11 is 1.24. The average molecular weight is 494 g/mol. The molecular formula is C28H25F2NO3S. The van der Waals surface area contributed by atoms with Crippen molar-refractivity contribution in [2.45, 2.75) is 6.42 Å². The number of ketones is 1. The van der Waals surface area contributed by atoms with Gasteiger partial charge in [0.25, 0.3) is 0 Å². The van der Waals surface area contributed by atoms with Gasteiger partial charge < -0.3 is 14.7 Å². The predicted octanol–water partition coefficient (Wildman–Crippen LogP) is 6.31. The van der Waals surface area contributed by atoms with Gasteiger partial charge in [0.05, 0.1) is 23.7 Å². The Morgan fingerprint density at radius 2 is 1.86 bits per heavy atom. The number of ether oxygens (including phenoxy) is 1. The highest BCUT2D eigenvalue weighted by molar-refractivity contribution is 7.21. The van der Waals surface area contributed by atoms with E-state index in [9.17, 15) is 18.7 Å². The van der Waals surface area contributed by atoms with E-state index in [2.05, 4.69) is 4.90 Å². The zero-order valence-electron chi connectivity index (χ0n) is 19.0. The maximum absolute atomic E-state index is 14.4. The molecule has 0 aliphatic carbocycles. The quantitative estimate of drug-likeness (QED) is 0.219. The molecule has 1 aliphatic rings. The molecule has 0 bridgehead atoms. The smallest absolute Gasteiger partial charge is 0.206 e. The zero-order chi connectivity index (χ0) is 24.4. The molecule has 0 radical (unpaired) electrons. The van der Waals surface area contributed by atoms with Gasteiger partial charge in [-0.15, -0.1) is 11.3 Å². The SMILES string of the molecule is O=C(c1ccccc1F)c1sc2cc(O)ccc2c1-c1ccc(OCCCN2CC(CF)C2)cc1. The first-order chi connectivity index (χ1) is 17.0. The van der Waals surface area contributed by atoms with Crippen molar-refractivity contribution in [3.8, 4) is 22.6 Å². The van der Waals surface area contributed by atoms with Gasteiger partial charge in [0, 0.05) is 41.2 Å². The van der Waals surface area contributed by atoms with E-state index in [4.69, 9.17) is 4.74 Å². The molecule has 4 aromatic rings. The minimum Gasteiger partial charge on any atom is -0.508 e. The molecule has 1 aliphatic heterocycles. The lowest BCUT2D eigenvalue weighted by Gasteiger charge is -2.37. The van der Waals surface area contributed by atoms with Crippen LogP contribution in [-0.4, -0.2) is 48.7 Å². The Hall–Kier alpha value is -3.29. The molecule has 1 fully saturated rings. The van der Waals surface area contributed by atoms with Gasteiger partial charge in [-0.3, -0.25) is 9.18 Å². The third kappa shape index (κ3) is 4.92. The van der Waals surface area contributed by atoms with Gasteiger partial charge in [-0.1, -0.05) is 24.3 Å². The summed E-state index contributed by atoms with van der Waals surface area (Å²) in [4.78, 5) is 16.0. The highest BCUT2D eigenvalue weighted by atomic mass is 32.1. The summed E-state index contributed by atoms with van der Waals surface area (Å²) in [5, 5.41) is 10.8. The third-order valence-corrected chi connectivity index (χ3v) is 7.43. The largest absolute Gasteiger partial charge is 0.508 e. The van der Waals surface area contributed by atoms with Crippen LogP contribution in [-0.2, 0) is 0 Å². The van der Waals surface area contributed by atoms with E-state index in [-0.39, 0.29) is 29.7 Å². The molecule has 0 atom stereocenters. The molecule has 1 N–H and O–H groups in total. The second kappa shape index (κ2) is 10.1. The van der Waals surface area contributed by atoms with Crippen LogP contribution in [0.4, 0.5) is 8.78 Å². The van der Waals surface area contributed by atoms with Crippen molar-refractivity contribution in [2.75, 3.05) is 32.9 Å². The van der Waals surface area contributed by atoms with Crippen LogP contribution in [0.2, 0.25) is 0 Å². The van der Waals surface area contributed by atoms with Gasteiger partial charge in [0.15, 0.2) is 0 Å². The van der Waals surface area contributed by atoms with Crippen molar-refractivity contribution in [1.29, 1.82) is 0 Å². The second-order valence-electron chi connectivity index (χ2n) is 8.80. The predicted molar refractivity (Wildman–Crippen MR) is 135 cm³/mol. The number of alkyl halides is 1. The number of rotatable bonds is 9. The number of phenolic OH excluding ortho intramolecular Hbond substituents is 1. The number of halogens is 2. The Kier molecular flexibility index (Phi) is 6.79. The van der Waals surface area contributed by atoms with Crippen molar-refractivity contribution in [2.24, 2.45) is 5.92 Å².